The van der Waals surface area contributed by atoms with Gasteiger partial charge in [0.1, 0.15) is 16.7 Å². The van der Waals surface area contributed by atoms with Gasteiger partial charge in [-0.1, -0.05) is 19.3 Å². The first kappa shape index (κ1) is 22.6. The first-order valence-electron chi connectivity index (χ1n) is 10.6. The predicted molar refractivity (Wildman–Crippen MR) is 114 cm³/mol. The van der Waals surface area contributed by atoms with Gasteiger partial charge in [0.05, 0.1) is 7.11 Å². The Kier molecular flexibility index (Phi) is 7.36. The van der Waals surface area contributed by atoms with E-state index in [1.807, 2.05) is 0 Å². The molecule has 2 aliphatic rings. The van der Waals surface area contributed by atoms with Crippen molar-refractivity contribution >= 4 is 27.5 Å². The highest BCUT2D eigenvalue weighted by atomic mass is 32.2. The summed E-state index contributed by atoms with van der Waals surface area (Å²) in [6, 6.07) is 3.98. The second kappa shape index (κ2) is 9.78. The Labute approximate surface area is 178 Å². The maximum Gasteiger partial charge on any atom is 0.247 e. The molecule has 1 aromatic rings. The maximum atomic E-state index is 13.2. The van der Waals surface area contributed by atoms with Gasteiger partial charge in [-0.3, -0.25) is 9.59 Å². The first-order chi connectivity index (χ1) is 14.3. The van der Waals surface area contributed by atoms with E-state index in [0.29, 0.717) is 18.8 Å². The van der Waals surface area contributed by atoms with Crippen LogP contribution in [0.4, 0.5) is 5.69 Å². The zero-order valence-corrected chi connectivity index (χ0v) is 18.5. The Morgan fingerprint density at radius 1 is 1.10 bits per heavy atom. The van der Waals surface area contributed by atoms with E-state index in [-0.39, 0.29) is 28.4 Å². The number of hydrogen-bond acceptors (Lipinski definition) is 5. The molecule has 1 aliphatic carbocycles. The number of carbonyl (C=O) groups excluding carboxylic acids is 2. The molecule has 1 aliphatic heterocycles. The average molecular weight is 438 g/mol. The van der Waals surface area contributed by atoms with Gasteiger partial charge in [-0.2, -0.15) is 4.31 Å². The Balaban J connectivity index is 1.84. The van der Waals surface area contributed by atoms with E-state index in [9.17, 15) is 18.0 Å². The topological polar surface area (TPSA) is 105 Å². The van der Waals surface area contributed by atoms with Crippen LogP contribution in [-0.2, 0) is 19.6 Å². The van der Waals surface area contributed by atoms with Crippen molar-refractivity contribution in [3.63, 3.8) is 0 Å². The lowest BCUT2D eigenvalue weighted by molar-refractivity contribution is -0.126. The zero-order chi connectivity index (χ0) is 21.7. The zero-order valence-electron chi connectivity index (χ0n) is 17.6. The molecule has 9 heteroatoms. The molecule has 1 unspecified atom stereocenters. The van der Waals surface area contributed by atoms with Crippen LogP contribution >= 0.6 is 0 Å². The molecule has 8 nitrogen and oxygen atoms in total. The van der Waals surface area contributed by atoms with E-state index in [4.69, 9.17) is 4.74 Å². The van der Waals surface area contributed by atoms with Gasteiger partial charge in [-0.05, 0) is 49.8 Å². The van der Waals surface area contributed by atoms with Gasteiger partial charge >= 0.3 is 0 Å². The highest BCUT2D eigenvalue weighted by Crippen LogP contribution is 2.32. The van der Waals surface area contributed by atoms with Crippen LogP contribution in [0, 0.1) is 5.92 Å². The molecular weight excluding hydrogens is 406 g/mol. The van der Waals surface area contributed by atoms with E-state index in [0.717, 1.165) is 44.9 Å². The van der Waals surface area contributed by atoms with Crippen LogP contribution < -0.4 is 15.4 Å². The molecule has 0 aromatic heterocycles. The van der Waals surface area contributed by atoms with Crippen LogP contribution in [-0.4, -0.2) is 50.8 Å². The van der Waals surface area contributed by atoms with Crippen molar-refractivity contribution in [2.45, 2.75) is 62.8 Å². The number of carbonyl (C=O) groups is 2. The van der Waals surface area contributed by atoms with Crippen LogP contribution in [0.3, 0.4) is 0 Å². The molecule has 1 saturated heterocycles. The van der Waals surface area contributed by atoms with Gasteiger partial charge < -0.3 is 15.4 Å². The minimum atomic E-state index is -3.73. The minimum Gasteiger partial charge on any atom is -0.495 e. The number of anilines is 1. The Bertz CT molecular complexity index is 875. The van der Waals surface area contributed by atoms with Gasteiger partial charge in [-0.25, -0.2) is 8.42 Å². The SMILES string of the molecule is COc1ccc(NC(=O)C(NC(C)=O)C2CCCC2)cc1S(=O)(=O)N1CCCCC1. The number of rotatable bonds is 7. The summed E-state index contributed by atoms with van der Waals surface area (Å²) >= 11 is 0. The first-order valence-corrected chi connectivity index (χ1v) is 12.0. The molecule has 1 atom stereocenters. The molecule has 3 rings (SSSR count). The average Bonchev–Trinajstić information content (AvgIpc) is 3.27. The lowest BCUT2D eigenvalue weighted by atomic mass is 9.97. The van der Waals surface area contributed by atoms with E-state index in [1.165, 1.54) is 24.4 Å². The fourth-order valence-corrected chi connectivity index (χ4v) is 6.03. The number of benzene rings is 1. The van der Waals surface area contributed by atoms with Crippen LogP contribution in [0.15, 0.2) is 23.1 Å². The summed E-state index contributed by atoms with van der Waals surface area (Å²) in [6.07, 6.45) is 6.52. The van der Waals surface area contributed by atoms with Gasteiger partial charge in [0.25, 0.3) is 0 Å². The summed E-state index contributed by atoms with van der Waals surface area (Å²) in [5.41, 5.74) is 0.365. The van der Waals surface area contributed by atoms with Crippen molar-refractivity contribution in [3.8, 4) is 5.75 Å². The smallest absolute Gasteiger partial charge is 0.247 e. The number of hydrogen-bond donors (Lipinski definition) is 2. The number of methoxy groups -OCH3 is 1. The molecule has 1 heterocycles. The second-order valence-corrected chi connectivity index (χ2v) is 9.95. The van der Waals surface area contributed by atoms with Crippen molar-refractivity contribution in [2.24, 2.45) is 5.92 Å². The Hall–Kier alpha value is -2.13. The summed E-state index contributed by atoms with van der Waals surface area (Å²) in [4.78, 5) is 24.6. The van der Waals surface area contributed by atoms with Crippen LogP contribution in [0.1, 0.15) is 51.9 Å². The van der Waals surface area contributed by atoms with Crippen molar-refractivity contribution in [2.75, 3.05) is 25.5 Å². The molecule has 30 heavy (non-hydrogen) atoms. The Morgan fingerprint density at radius 2 is 1.77 bits per heavy atom. The number of amides is 2. The van der Waals surface area contributed by atoms with E-state index in [2.05, 4.69) is 10.6 Å². The van der Waals surface area contributed by atoms with E-state index >= 15 is 0 Å². The van der Waals surface area contributed by atoms with E-state index in [1.54, 1.807) is 12.1 Å². The lowest BCUT2D eigenvalue weighted by Gasteiger charge is -2.27. The van der Waals surface area contributed by atoms with Crippen molar-refractivity contribution in [1.29, 1.82) is 0 Å². The standard InChI is InChI=1S/C21H31N3O5S/c1-15(25)22-20(16-8-4-5-9-16)21(26)23-17-10-11-18(29-2)19(14-17)30(27,28)24-12-6-3-7-13-24/h10-11,14,16,20H,3-9,12-13H2,1-2H3,(H,22,25)(H,23,26). The third-order valence-corrected chi connectivity index (χ3v) is 7.80. The molecular formula is C21H31N3O5S. The number of ether oxygens (including phenoxy) is 1. The summed E-state index contributed by atoms with van der Waals surface area (Å²) < 4.78 is 33.1. The highest BCUT2D eigenvalue weighted by Gasteiger charge is 2.32. The second-order valence-electron chi connectivity index (χ2n) is 8.04. The maximum absolute atomic E-state index is 13.2. The summed E-state index contributed by atoms with van der Waals surface area (Å²) in [5, 5.41) is 5.56. The third-order valence-electron chi connectivity index (χ3n) is 5.88. The monoisotopic (exact) mass is 437 g/mol. The summed E-state index contributed by atoms with van der Waals surface area (Å²) in [6.45, 7) is 2.36. The molecule has 0 bridgehead atoms. The van der Waals surface area contributed by atoms with Crippen molar-refractivity contribution in [1.82, 2.24) is 9.62 Å². The normalized spacial score (nSPS) is 19.3. The van der Waals surface area contributed by atoms with Gasteiger partial charge in [-0.15, -0.1) is 0 Å². The highest BCUT2D eigenvalue weighted by molar-refractivity contribution is 7.89. The van der Waals surface area contributed by atoms with Crippen LogP contribution in [0.5, 0.6) is 5.75 Å². The predicted octanol–water partition coefficient (Wildman–Crippen LogP) is 2.50. The number of nitrogens with zero attached hydrogens (tertiary/aromatic N) is 1. The molecule has 2 N–H and O–H groups in total. The largest absolute Gasteiger partial charge is 0.495 e. The summed E-state index contributed by atoms with van der Waals surface area (Å²) in [5.74, 6) is -0.259. The lowest BCUT2D eigenvalue weighted by Crippen LogP contribution is -2.47. The Morgan fingerprint density at radius 3 is 2.37 bits per heavy atom. The molecule has 0 radical (unpaired) electrons. The fraction of sp³-hybridized carbons (Fsp3) is 0.619. The van der Waals surface area contributed by atoms with Gasteiger partial charge in [0, 0.05) is 25.7 Å². The number of sulfonamides is 1. The van der Waals surface area contributed by atoms with Crippen LogP contribution in [0.25, 0.3) is 0 Å². The van der Waals surface area contributed by atoms with Crippen molar-refractivity contribution in [3.05, 3.63) is 18.2 Å². The third kappa shape index (κ3) is 5.13. The number of piperidine rings is 1. The van der Waals surface area contributed by atoms with Gasteiger partial charge in [0.2, 0.25) is 21.8 Å². The fourth-order valence-electron chi connectivity index (χ4n) is 4.33. The van der Waals surface area contributed by atoms with Gasteiger partial charge in [0.15, 0.2) is 0 Å². The number of nitrogens with one attached hydrogen (secondary N) is 2. The quantitative estimate of drug-likeness (QED) is 0.682. The molecule has 166 valence electrons. The summed E-state index contributed by atoms with van der Waals surface area (Å²) in [7, 11) is -2.30. The minimum absolute atomic E-state index is 0.0432. The molecule has 0 spiro atoms. The van der Waals surface area contributed by atoms with E-state index < -0.39 is 16.1 Å². The molecule has 1 saturated carbocycles. The molecule has 2 fully saturated rings. The molecule has 2 amide bonds. The molecule has 1 aromatic carbocycles. The van der Waals surface area contributed by atoms with Crippen molar-refractivity contribution < 1.29 is 22.7 Å². The van der Waals surface area contributed by atoms with Crippen LogP contribution in [0.2, 0.25) is 0 Å².